The molecule has 0 saturated heterocycles. The quantitative estimate of drug-likeness (QED) is 0.687. The van der Waals surface area contributed by atoms with Crippen LogP contribution in [0.4, 0.5) is 10.1 Å². The molecule has 0 aliphatic carbocycles. The van der Waals surface area contributed by atoms with E-state index in [9.17, 15) is 4.39 Å². The van der Waals surface area contributed by atoms with E-state index >= 15 is 0 Å². The summed E-state index contributed by atoms with van der Waals surface area (Å²) in [6.07, 6.45) is 5.31. The third-order valence-electron chi connectivity index (χ3n) is 1.24. The van der Waals surface area contributed by atoms with E-state index in [-0.39, 0.29) is 5.69 Å². The number of halogens is 2. The van der Waals surface area contributed by atoms with E-state index in [1.165, 1.54) is 12.5 Å². The molecule has 0 unspecified atom stereocenters. The van der Waals surface area contributed by atoms with Crippen LogP contribution in [0, 0.1) is 5.95 Å². The standard InChI is InChI=1S/C4H3ClN2.C4H4FN3/c5-4-1-2-6-3-7-4;5-4-3(6)1-7-2-8-4/h1-3H;1-2H,6H2. The zero-order valence-corrected chi connectivity index (χ0v) is 8.26. The number of rotatable bonds is 0. The highest BCUT2D eigenvalue weighted by Gasteiger charge is 1.92. The summed E-state index contributed by atoms with van der Waals surface area (Å²) in [6, 6.07) is 1.63. The van der Waals surface area contributed by atoms with E-state index < -0.39 is 5.95 Å². The van der Waals surface area contributed by atoms with Gasteiger partial charge in [0, 0.05) is 6.20 Å². The van der Waals surface area contributed by atoms with Gasteiger partial charge >= 0.3 is 0 Å². The molecule has 2 aromatic rings. The number of nitrogen functional groups attached to an aromatic ring is 1. The average molecular weight is 228 g/mol. The van der Waals surface area contributed by atoms with E-state index in [1.54, 1.807) is 12.3 Å². The summed E-state index contributed by atoms with van der Waals surface area (Å²) in [7, 11) is 0. The van der Waals surface area contributed by atoms with E-state index in [0.717, 1.165) is 6.33 Å². The third-order valence-corrected chi connectivity index (χ3v) is 1.46. The predicted molar refractivity (Wildman–Crippen MR) is 53.4 cm³/mol. The third kappa shape index (κ3) is 4.28. The molecule has 2 heterocycles. The molecule has 2 N–H and O–H groups in total. The lowest BCUT2D eigenvalue weighted by atomic mass is 10.6. The van der Waals surface area contributed by atoms with E-state index in [2.05, 4.69) is 19.9 Å². The lowest BCUT2D eigenvalue weighted by Gasteiger charge is -1.87. The Morgan fingerprint density at radius 2 is 1.93 bits per heavy atom. The molecule has 0 aliphatic rings. The van der Waals surface area contributed by atoms with Crippen LogP contribution in [0.5, 0.6) is 0 Å². The lowest BCUT2D eigenvalue weighted by molar-refractivity contribution is 0.585. The zero-order valence-electron chi connectivity index (χ0n) is 7.51. The van der Waals surface area contributed by atoms with Gasteiger partial charge in [0.05, 0.1) is 6.20 Å². The Kier molecular flexibility index (Phi) is 4.36. The van der Waals surface area contributed by atoms with Crippen molar-refractivity contribution >= 4 is 17.3 Å². The molecule has 0 aromatic carbocycles. The van der Waals surface area contributed by atoms with Gasteiger partial charge in [0.25, 0.3) is 0 Å². The van der Waals surface area contributed by atoms with Crippen LogP contribution in [0.2, 0.25) is 5.15 Å². The molecule has 0 amide bonds. The van der Waals surface area contributed by atoms with Gasteiger partial charge in [-0.15, -0.1) is 0 Å². The average Bonchev–Trinajstić information content (AvgIpc) is 2.25. The number of hydrogen-bond donors (Lipinski definition) is 1. The number of nitrogens with zero attached hydrogens (tertiary/aromatic N) is 4. The Morgan fingerprint density at radius 3 is 2.27 bits per heavy atom. The highest BCUT2D eigenvalue weighted by molar-refractivity contribution is 6.29. The molecule has 0 radical (unpaired) electrons. The molecule has 2 aromatic heterocycles. The highest BCUT2D eigenvalue weighted by Crippen LogP contribution is 1.99. The summed E-state index contributed by atoms with van der Waals surface area (Å²) in [5, 5.41) is 0.481. The number of hydrogen-bond acceptors (Lipinski definition) is 5. The Labute approximate surface area is 90.2 Å². The van der Waals surface area contributed by atoms with Crippen molar-refractivity contribution in [2.45, 2.75) is 0 Å². The Hall–Kier alpha value is -1.82. The predicted octanol–water partition coefficient (Wildman–Crippen LogP) is 1.33. The van der Waals surface area contributed by atoms with Crippen LogP contribution >= 0.6 is 11.6 Å². The maximum Gasteiger partial charge on any atom is 0.239 e. The van der Waals surface area contributed by atoms with Gasteiger partial charge in [-0.3, -0.25) is 0 Å². The van der Waals surface area contributed by atoms with E-state index in [1.807, 2.05) is 0 Å². The second-order valence-corrected chi connectivity index (χ2v) is 2.69. The number of anilines is 1. The molecule has 7 heteroatoms. The first-order valence-electron chi connectivity index (χ1n) is 3.82. The monoisotopic (exact) mass is 227 g/mol. The first-order chi connectivity index (χ1) is 7.20. The Bertz CT molecular complexity index is 390. The molecule has 0 aliphatic heterocycles. The largest absolute Gasteiger partial charge is 0.394 e. The van der Waals surface area contributed by atoms with Crippen molar-refractivity contribution in [3.63, 3.8) is 0 Å². The fourth-order valence-electron chi connectivity index (χ4n) is 0.600. The second kappa shape index (κ2) is 5.82. The first kappa shape index (κ1) is 11.3. The molecule has 78 valence electrons. The number of nitrogens with two attached hydrogens (primary N) is 1. The maximum atomic E-state index is 12.0. The lowest BCUT2D eigenvalue weighted by Crippen LogP contribution is -1.93. The van der Waals surface area contributed by atoms with Gasteiger partial charge in [0.15, 0.2) is 0 Å². The highest BCUT2D eigenvalue weighted by atomic mass is 35.5. The Balaban J connectivity index is 0.000000151. The van der Waals surface area contributed by atoms with Gasteiger partial charge in [0.1, 0.15) is 23.5 Å². The molecule has 0 spiro atoms. The topological polar surface area (TPSA) is 77.6 Å². The smallest absolute Gasteiger partial charge is 0.239 e. The molecule has 0 fully saturated rings. The molecule has 0 saturated carbocycles. The van der Waals surface area contributed by atoms with Crippen molar-refractivity contribution in [3.8, 4) is 0 Å². The van der Waals surface area contributed by atoms with Crippen LogP contribution in [0.25, 0.3) is 0 Å². The molecule has 5 nitrogen and oxygen atoms in total. The Morgan fingerprint density at radius 1 is 1.20 bits per heavy atom. The zero-order chi connectivity index (χ0) is 11.1. The van der Waals surface area contributed by atoms with Crippen molar-refractivity contribution in [3.05, 3.63) is 42.2 Å². The van der Waals surface area contributed by atoms with Crippen LogP contribution in [0.1, 0.15) is 0 Å². The van der Waals surface area contributed by atoms with Crippen LogP contribution in [0.3, 0.4) is 0 Å². The SMILES string of the molecule is Clc1ccncn1.Nc1cncnc1F. The fraction of sp³-hybridized carbons (Fsp3) is 0. The van der Waals surface area contributed by atoms with Crippen LogP contribution in [-0.4, -0.2) is 19.9 Å². The molecule has 2 rings (SSSR count). The van der Waals surface area contributed by atoms with Gasteiger partial charge < -0.3 is 5.73 Å². The minimum absolute atomic E-state index is 0.0208. The van der Waals surface area contributed by atoms with Gasteiger partial charge in [-0.25, -0.2) is 19.9 Å². The molecular formula is C8H7ClFN5. The van der Waals surface area contributed by atoms with Crippen molar-refractivity contribution in [1.82, 2.24) is 19.9 Å². The van der Waals surface area contributed by atoms with Crippen LogP contribution < -0.4 is 5.73 Å². The summed E-state index contributed by atoms with van der Waals surface area (Å²) in [6.45, 7) is 0. The summed E-state index contributed by atoms with van der Waals surface area (Å²) in [4.78, 5) is 13.9. The van der Waals surface area contributed by atoms with Gasteiger partial charge in [-0.05, 0) is 6.07 Å². The first-order valence-corrected chi connectivity index (χ1v) is 4.20. The van der Waals surface area contributed by atoms with Gasteiger partial charge in [0.2, 0.25) is 5.95 Å². The van der Waals surface area contributed by atoms with Gasteiger partial charge in [-0.1, -0.05) is 11.6 Å². The summed E-state index contributed by atoms with van der Waals surface area (Å²) < 4.78 is 12.0. The van der Waals surface area contributed by atoms with E-state index in [4.69, 9.17) is 17.3 Å². The molecule has 0 bridgehead atoms. The van der Waals surface area contributed by atoms with Crippen LogP contribution in [-0.2, 0) is 0 Å². The van der Waals surface area contributed by atoms with Crippen molar-refractivity contribution in [2.24, 2.45) is 0 Å². The normalized spacial score (nSPS) is 8.93. The molecule has 15 heavy (non-hydrogen) atoms. The summed E-state index contributed by atoms with van der Waals surface area (Å²) in [5.74, 6) is -0.667. The molecular weight excluding hydrogens is 221 g/mol. The van der Waals surface area contributed by atoms with Crippen molar-refractivity contribution < 1.29 is 4.39 Å². The second-order valence-electron chi connectivity index (χ2n) is 2.30. The van der Waals surface area contributed by atoms with E-state index in [0.29, 0.717) is 5.15 Å². The molecule has 0 atom stereocenters. The van der Waals surface area contributed by atoms with Crippen molar-refractivity contribution in [1.29, 1.82) is 0 Å². The van der Waals surface area contributed by atoms with Gasteiger partial charge in [-0.2, -0.15) is 4.39 Å². The maximum absolute atomic E-state index is 12.0. The fourth-order valence-corrected chi connectivity index (χ4v) is 0.700. The summed E-state index contributed by atoms with van der Waals surface area (Å²) >= 11 is 5.39. The van der Waals surface area contributed by atoms with Crippen LogP contribution in [0.15, 0.2) is 31.1 Å². The minimum atomic E-state index is -0.667. The van der Waals surface area contributed by atoms with Crippen molar-refractivity contribution in [2.75, 3.05) is 5.73 Å². The summed E-state index contributed by atoms with van der Waals surface area (Å²) in [5.41, 5.74) is 5.00. The number of aromatic nitrogens is 4. The minimum Gasteiger partial charge on any atom is -0.394 e.